The van der Waals surface area contributed by atoms with E-state index in [1.165, 1.54) is 0 Å². The molecule has 1 aromatic rings. The van der Waals surface area contributed by atoms with Gasteiger partial charge in [-0.1, -0.05) is 12.1 Å². The molecule has 4 bridgehead atoms. The second-order valence-electron chi connectivity index (χ2n) is 8.09. The molecule has 4 fully saturated rings. The fraction of sp³-hybridized carbons (Fsp3) is 0.632. The predicted octanol–water partition coefficient (Wildman–Crippen LogP) is 1.88. The van der Waals surface area contributed by atoms with E-state index in [1.807, 2.05) is 24.3 Å². The van der Waals surface area contributed by atoms with Crippen LogP contribution in [-0.4, -0.2) is 35.4 Å². The number of hydrogen-bond acceptors (Lipinski definition) is 4. The molecule has 1 heterocycles. The van der Waals surface area contributed by atoms with E-state index >= 15 is 0 Å². The van der Waals surface area contributed by atoms with Crippen molar-refractivity contribution in [2.75, 3.05) is 6.61 Å². The van der Waals surface area contributed by atoms with Gasteiger partial charge in [0, 0.05) is 6.04 Å². The quantitative estimate of drug-likeness (QED) is 0.869. The third kappa shape index (κ3) is 2.29. The largest absolute Gasteiger partial charge is 0.485 e. The van der Waals surface area contributed by atoms with Crippen molar-refractivity contribution in [3.63, 3.8) is 0 Å². The van der Waals surface area contributed by atoms with E-state index in [2.05, 4.69) is 5.32 Å². The maximum absolute atomic E-state index is 12.7. The van der Waals surface area contributed by atoms with Gasteiger partial charge in [-0.25, -0.2) is 0 Å². The lowest BCUT2D eigenvalue weighted by atomic mass is 9.52. The first-order chi connectivity index (χ1) is 11.6. The van der Waals surface area contributed by atoms with Gasteiger partial charge in [-0.3, -0.25) is 4.79 Å². The van der Waals surface area contributed by atoms with Crippen LogP contribution in [0.1, 0.15) is 32.1 Å². The van der Waals surface area contributed by atoms with Crippen LogP contribution in [0, 0.1) is 17.8 Å². The number of benzene rings is 1. The average Bonchev–Trinajstić information content (AvgIpc) is 2.56. The number of carbonyl (C=O) groups excluding carboxylic acids is 1. The number of hydrogen-bond donors (Lipinski definition) is 2. The molecule has 2 N–H and O–H groups in total. The van der Waals surface area contributed by atoms with Gasteiger partial charge in [0.05, 0.1) is 5.60 Å². The summed E-state index contributed by atoms with van der Waals surface area (Å²) in [4.78, 5) is 12.7. The maximum atomic E-state index is 12.7. The standard InChI is InChI=1S/C19H23NO4/c21-18(16-10-23-14-3-1-2-4-15(14)24-16)20-17-12-5-11-6-13(17)9-19(22,7-11)8-12/h1-4,11-13,16-17,22H,5-10H2,(H,20,21)/t11?,12-,13+,16?,17?,19?. The number of carbonyl (C=O) groups is 1. The summed E-state index contributed by atoms with van der Waals surface area (Å²) in [6.07, 6.45) is 4.28. The van der Waals surface area contributed by atoms with Crippen LogP contribution in [0.15, 0.2) is 24.3 Å². The zero-order valence-electron chi connectivity index (χ0n) is 13.6. The highest BCUT2D eigenvalue weighted by atomic mass is 16.6. The molecule has 4 unspecified atom stereocenters. The highest BCUT2D eigenvalue weighted by molar-refractivity contribution is 5.82. The van der Waals surface area contributed by atoms with Crippen molar-refractivity contribution in [2.24, 2.45) is 17.8 Å². The Labute approximate surface area is 141 Å². The number of para-hydroxylation sites is 2. The smallest absolute Gasteiger partial charge is 0.264 e. The summed E-state index contributed by atoms with van der Waals surface area (Å²) in [7, 11) is 0. The van der Waals surface area contributed by atoms with Crippen molar-refractivity contribution < 1.29 is 19.4 Å². The van der Waals surface area contributed by atoms with Gasteiger partial charge < -0.3 is 19.9 Å². The molecule has 1 amide bonds. The summed E-state index contributed by atoms with van der Waals surface area (Å²) in [5, 5.41) is 13.9. The van der Waals surface area contributed by atoms with Gasteiger partial charge in [-0.2, -0.15) is 0 Å². The summed E-state index contributed by atoms with van der Waals surface area (Å²) >= 11 is 0. The average molecular weight is 329 g/mol. The fourth-order valence-corrected chi connectivity index (χ4v) is 5.62. The molecular formula is C19H23NO4. The first kappa shape index (κ1) is 14.6. The highest BCUT2D eigenvalue weighted by Crippen LogP contribution is 2.55. The third-order valence-electron chi connectivity index (χ3n) is 6.35. The molecule has 0 spiro atoms. The number of nitrogens with one attached hydrogen (secondary N) is 1. The number of amides is 1. The minimum Gasteiger partial charge on any atom is -0.485 e. The van der Waals surface area contributed by atoms with E-state index in [0.717, 1.165) is 32.1 Å². The van der Waals surface area contributed by atoms with Gasteiger partial charge >= 0.3 is 0 Å². The summed E-state index contributed by atoms with van der Waals surface area (Å²) in [5.41, 5.74) is -0.471. The van der Waals surface area contributed by atoms with Crippen molar-refractivity contribution in [2.45, 2.75) is 49.9 Å². The Bertz CT molecular complexity index is 659. The Morgan fingerprint density at radius 2 is 1.83 bits per heavy atom. The van der Waals surface area contributed by atoms with Crippen LogP contribution in [0.25, 0.3) is 0 Å². The second-order valence-corrected chi connectivity index (χ2v) is 8.09. The van der Waals surface area contributed by atoms with E-state index in [1.54, 1.807) is 0 Å². The Morgan fingerprint density at radius 3 is 2.54 bits per heavy atom. The maximum Gasteiger partial charge on any atom is 0.264 e. The number of ether oxygens (including phenoxy) is 2. The summed E-state index contributed by atoms with van der Waals surface area (Å²) in [6.45, 7) is 0.247. The molecule has 5 heteroatoms. The zero-order valence-corrected chi connectivity index (χ0v) is 13.6. The van der Waals surface area contributed by atoms with Gasteiger partial charge in [0.2, 0.25) is 6.10 Å². The number of rotatable bonds is 2. The first-order valence-corrected chi connectivity index (χ1v) is 9.01. The number of fused-ring (bicyclic) bond motifs is 1. The molecule has 6 atom stereocenters. The molecule has 0 aromatic heterocycles. The molecule has 1 aliphatic heterocycles. The van der Waals surface area contributed by atoms with Gasteiger partial charge in [-0.15, -0.1) is 0 Å². The van der Waals surface area contributed by atoms with E-state index in [4.69, 9.17) is 9.47 Å². The van der Waals surface area contributed by atoms with Gasteiger partial charge in [0.25, 0.3) is 5.91 Å². The van der Waals surface area contributed by atoms with Crippen molar-refractivity contribution in [1.29, 1.82) is 0 Å². The topological polar surface area (TPSA) is 67.8 Å². The second kappa shape index (κ2) is 5.12. The van der Waals surface area contributed by atoms with Crippen LogP contribution in [0.3, 0.4) is 0 Å². The Kier molecular flexibility index (Phi) is 3.11. The third-order valence-corrected chi connectivity index (χ3v) is 6.35. The van der Waals surface area contributed by atoms with Gasteiger partial charge in [0.15, 0.2) is 11.5 Å². The van der Waals surface area contributed by atoms with Crippen LogP contribution >= 0.6 is 0 Å². The van der Waals surface area contributed by atoms with E-state index in [0.29, 0.717) is 29.3 Å². The van der Waals surface area contributed by atoms with Gasteiger partial charge in [0.1, 0.15) is 6.61 Å². The lowest BCUT2D eigenvalue weighted by Crippen LogP contribution is -2.63. The molecule has 4 saturated carbocycles. The van der Waals surface area contributed by atoms with E-state index in [-0.39, 0.29) is 18.6 Å². The molecule has 6 rings (SSSR count). The summed E-state index contributed by atoms with van der Waals surface area (Å²) < 4.78 is 11.5. The molecule has 24 heavy (non-hydrogen) atoms. The molecule has 5 nitrogen and oxygen atoms in total. The molecule has 1 aromatic carbocycles. The molecule has 0 radical (unpaired) electrons. The Balaban J connectivity index is 1.28. The van der Waals surface area contributed by atoms with Crippen LogP contribution in [-0.2, 0) is 4.79 Å². The lowest BCUT2D eigenvalue weighted by Gasteiger charge is -2.58. The highest BCUT2D eigenvalue weighted by Gasteiger charge is 2.55. The van der Waals surface area contributed by atoms with Crippen molar-refractivity contribution >= 4 is 5.91 Å². The minimum absolute atomic E-state index is 0.0889. The summed E-state index contributed by atoms with van der Waals surface area (Å²) in [5.74, 6) is 2.68. The molecule has 0 saturated heterocycles. The minimum atomic E-state index is -0.597. The first-order valence-electron chi connectivity index (χ1n) is 9.01. The van der Waals surface area contributed by atoms with Crippen molar-refractivity contribution in [3.8, 4) is 11.5 Å². The van der Waals surface area contributed by atoms with Crippen molar-refractivity contribution in [1.82, 2.24) is 5.32 Å². The normalized spacial score (nSPS) is 42.0. The lowest BCUT2D eigenvalue weighted by molar-refractivity contribution is -0.150. The van der Waals surface area contributed by atoms with Crippen LogP contribution in [0.4, 0.5) is 0 Å². The monoisotopic (exact) mass is 329 g/mol. The summed E-state index contributed by atoms with van der Waals surface area (Å²) in [6, 6.07) is 7.62. The van der Waals surface area contributed by atoms with Crippen molar-refractivity contribution in [3.05, 3.63) is 24.3 Å². The SMILES string of the molecule is O=C(NC1[C@@H]2CC3C[C@H]1CC(O)(C3)C2)C1COc2ccccc2O1. The molecular weight excluding hydrogens is 306 g/mol. The van der Waals surface area contributed by atoms with Gasteiger partial charge in [-0.05, 0) is 62.0 Å². The van der Waals surface area contributed by atoms with E-state index < -0.39 is 11.7 Å². The molecule has 4 aliphatic carbocycles. The number of aliphatic hydroxyl groups is 1. The zero-order chi connectivity index (χ0) is 16.3. The Hall–Kier alpha value is -1.75. The van der Waals surface area contributed by atoms with Crippen LogP contribution in [0.2, 0.25) is 0 Å². The van der Waals surface area contributed by atoms with E-state index in [9.17, 15) is 9.90 Å². The fourth-order valence-electron chi connectivity index (χ4n) is 5.62. The molecule has 128 valence electrons. The van der Waals surface area contributed by atoms with Crippen LogP contribution in [0.5, 0.6) is 11.5 Å². The Morgan fingerprint density at radius 1 is 1.12 bits per heavy atom. The molecule has 5 aliphatic rings. The predicted molar refractivity (Wildman–Crippen MR) is 86.8 cm³/mol. The van der Waals surface area contributed by atoms with Crippen LogP contribution < -0.4 is 14.8 Å².